The van der Waals surface area contributed by atoms with Crippen LogP contribution in [0.4, 0.5) is 18.9 Å². The Bertz CT molecular complexity index is 1060. The van der Waals surface area contributed by atoms with Crippen molar-refractivity contribution in [2.24, 2.45) is 0 Å². The first-order valence-corrected chi connectivity index (χ1v) is 7.49. The highest BCUT2D eigenvalue weighted by atomic mass is 19.1. The molecule has 0 saturated heterocycles. The van der Waals surface area contributed by atoms with Crippen LogP contribution in [0.25, 0.3) is 5.69 Å². The number of para-hydroxylation sites is 1. The average molecular weight is 359 g/mol. The predicted octanol–water partition coefficient (Wildman–Crippen LogP) is 3.21. The SMILES string of the molecule is Cc1cc(=O)c(C(=O)Nc2ccc(F)cc2F)nn1-c1ccccc1F. The van der Waals surface area contributed by atoms with Gasteiger partial charge in [0.15, 0.2) is 5.69 Å². The summed E-state index contributed by atoms with van der Waals surface area (Å²) < 4.78 is 41.7. The largest absolute Gasteiger partial charge is 0.318 e. The van der Waals surface area contributed by atoms with Crippen molar-refractivity contribution in [1.29, 1.82) is 0 Å². The maximum Gasteiger partial charge on any atom is 0.280 e. The maximum atomic E-state index is 14.0. The summed E-state index contributed by atoms with van der Waals surface area (Å²) >= 11 is 0. The molecule has 3 aromatic rings. The molecule has 1 heterocycles. The molecular weight excluding hydrogens is 347 g/mol. The molecule has 0 atom stereocenters. The van der Waals surface area contributed by atoms with Gasteiger partial charge in [-0.1, -0.05) is 12.1 Å². The second kappa shape index (κ2) is 6.83. The third-order valence-electron chi connectivity index (χ3n) is 3.58. The van der Waals surface area contributed by atoms with Crippen molar-refractivity contribution >= 4 is 11.6 Å². The molecule has 2 aromatic carbocycles. The molecule has 132 valence electrons. The minimum Gasteiger partial charge on any atom is -0.318 e. The van der Waals surface area contributed by atoms with Crippen molar-refractivity contribution in [3.63, 3.8) is 0 Å². The van der Waals surface area contributed by atoms with Gasteiger partial charge in [0.1, 0.15) is 23.1 Å². The Morgan fingerprint density at radius 1 is 1.04 bits per heavy atom. The topological polar surface area (TPSA) is 64.0 Å². The minimum atomic E-state index is -1.00. The molecule has 0 saturated carbocycles. The van der Waals surface area contributed by atoms with Crippen LogP contribution in [-0.2, 0) is 0 Å². The third kappa shape index (κ3) is 3.34. The van der Waals surface area contributed by atoms with Crippen LogP contribution >= 0.6 is 0 Å². The fourth-order valence-corrected chi connectivity index (χ4v) is 2.34. The second-order valence-corrected chi connectivity index (χ2v) is 5.44. The van der Waals surface area contributed by atoms with Crippen molar-refractivity contribution < 1.29 is 18.0 Å². The number of hydrogen-bond donors (Lipinski definition) is 1. The first kappa shape index (κ1) is 17.4. The van der Waals surface area contributed by atoms with Crippen LogP contribution in [0, 0.1) is 24.4 Å². The zero-order chi connectivity index (χ0) is 18.8. The van der Waals surface area contributed by atoms with E-state index in [0.717, 1.165) is 22.9 Å². The number of amides is 1. The molecule has 8 heteroatoms. The van der Waals surface area contributed by atoms with Crippen molar-refractivity contribution in [1.82, 2.24) is 9.78 Å². The molecule has 0 aliphatic heterocycles. The molecule has 0 radical (unpaired) electrons. The van der Waals surface area contributed by atoms with Crippen LogP contribution in [0.2, 0.25) is 0 Å². The summed E-state index contributed by atoms with van der Waals surface area (Å²) in [5.74, 6) is -3.40. The van der Waals surface area contributed by atoms with E-state index in [4.69, 9.17) is 0 Å². The van der Waals surface area contributed by atoms with Crippen LogP contribution in [0.1, 0.15) is 16.2 Å². The van der Waals surface area contributed by atoms with Crippen LogP contribution in [0.5, 0.6) is 0 Å². The molecule has 0 aliphatic rings. The number of aryl methyl sites for hydroxylation is 1. The molecule has 26 heavy (non-hydrogen) atoms. The normalized spacial score (nSPS) is 10.6. The van der Waals surface area contributed by atoms with Gasteiger partial charge in [0.05, 0.1) is 5.69 Å². The number of benzene rings is 2. The standard InChI is InChI=1S/C18H12F3N3O2/c1-10-8-16(25)17(23-24(10)15-5-3-2-4-12(15)20)18(26)22-14-7-6-11(19)9-13(14)21/h2-9H,1H3,(H,22,26). The Labute approximate surface area is 145 Å². The lowest BCUT2D eigenvalue weighted by Gasteiger charge is -2.12. The zero-order valence-corrected chi connectivity index (χ0v) is 13.5. The molecule has 0 spiro atoms. The first-order valence-electron chi connectivity index (χ1n) is 7.49. The van der Waals surface area contributed by atoms with E-state index in [-0.39, 0.29) is 11.4 Å². The Morgan fingerprint density at radius 3 is 2.46 bits per heavy atom. The smallest absolute Gasteiger partial charge is 0.280 e. The quantitative estimate of drug-likeness (QED) is 0.781. The molecule has 1 amide bonds. The molecule has 1 aromatic heterocycles. The Hall–Kier alpha value is -3.42. The number of nitrogens with zero attached hydrogens (tertiary/aromatic N) is 2. The Kier molecular flexibility index (Phi) is 4.57. The van der Waals surface area contributed by atoms with Crippen LogP contribution in [0.15, 0.2) is 53.3 Å². The van der Waals surface area contributed by atoms with Gasteiger partial charge in [0.25, 0.3) is 5.91 Å². The van der Waals surface area contributed by atoms with E-state index >= 15 is 0 Å². The number of halogens is 3. The maximum absolute atomic E-state index is 14.0. The Balaban J connectivity index is 2.02. The number of nitrogens with one attached hydrogen (secondary N) is 1. The van der Waals surface area contributed by atoms with Gasteiger partial charge < -0.3 is 5.32 Å². The second-order valence-electron chi connectivity index (χ2n) is 5.44. The predicted molar refractivity (Wildman–Crippen MR) is 88.8 cm³/mol. The fraction of sp³-hybridized carbons (Fsp3) is 0.0556. The highest BCUT2D eigenvalue weighted by Crippen LogP contribution is 2.16. The van der Waals surface area contributed by atoms with Crippen molar-refractivity contribution in [2.75, 3.05) is 5.32 Å². The van der Waals surface area contributed by atoms with E-state index in [1.807, 2.05) is 0 Å². The summed E-state index contributed by atoms with van der Waals surface area (Å²) in [6.45, 7) is 1.53. The number of anilines is 1. The van der Waals surface area contributed by atoms with Gasteiger partial charge in [-0.15, -0.1) is 0 Å². The fourth-order valence-electron chi connectivity index (χ4n) is 2.34. The zero-order valence-electron chi connectivity index (χ0n) is 13.5. The van der Waals surface area contributed by atoms with Gasteiger partial charge in [-0.05, 0) is 31.2 Å². The van der Waals surface area contributed by atoms with Gasteiger partial charge in [-0.3, -0.25) is 9.59 Å². The lowest BCUT2D eigenvalue weighted by Crippen LogP contribution is -2.27. The van der Waals surface area contributed by atoms with Crippen LogP contribution < -0.4 is 10.7 Å². The molecular formula is C18H12F3N3O2. The van der Waals surface area contributed by atoms with Gasteiger partial charge in [0.2, 0.25) is 5.43 Å². The van der Waals surface area contributed by atoms with Gasteiger partial charge in [-0.2, -0.15) is 5.10 Å². The van der Waals surface area contributed by atoms with E-state index in [2.05, 4.69) is 10.4 Å². The molecule has 3 rings (SSSR count). The number of carbonyl (C=O) groups excluding carboxylic acids is 1. The molecule has 0 fully saturated rings. The molecule has 1 N–H and O–H groups in total. The number of rotatable bonds is 3. The molecule has 0 unspecified atom stereocenters. The van der Waals surface area contributed by atoms with E-state index in [0.29, 0.717) is 11.8 Å². The van der Waals surface area contributed by atoms with Crippen molar-refractivity contribution in [2.45, 2.75) is 6.92 Å². The van der Waals surface area contributed by atoms with E-state index < -0.39 is 34.5 Å². The monoisotopic (exact) mass is 359 g/mol. The van der Waals surface area contributed by atoms with Gasteiger partial charge in [0, 0.05) is 17.8 Å². The number of carbonyl (C=O) groups is 1. The number of aromatic nitrogens is 2. The molecule has 0 aliphatic carbocycles. The third-order valence-corrected chi connectivity index (χ3v) is 3.58. The van der Waals surface area contributed by atoms with Gasteiger partial charge >= 0.3 is 0 Å². The van der Waals surface area contributed by atoms with Crippen LogP contribution in [-0.4, -0.2) is 15.7 Å². The number of hydrogen-bond acceptors (Lipinski definition) is 3. The van der Waals surface area contributed by atoms with Crippen LogP contribution in [0.3, 0.4) is 0 Å². The van der Waals surface area contributed by atoms with Crippen molar-refractivity contribution in [3.8, 4) is 5.69 Å². The highest BCUT2D eigenvalue weighted by molar-refractivity contribution is 6.02. The molecule has 5 nitrogen and oxygen atoms in total. The summed E-state index contributed by atoms with van der Waals surface area (Å²) in [7, 11) is 0. The summed E-state index contributed by atoms with van der Waals surface area (Å²) in [5.41, 5.74) is -1.22. The van der Waals surface area contributed by atoms with E-state index in [1.165, 1.54) is 25.1 Å². The Morgan fingerprint density at radius 2 is 1.77 bits per heavy atom. The average Bonchev–Trinajstić information content (AvgIpc) is 2.58. The van der Waals surface area contributed by atoms with Gasteiger partial charge in [-0.25, -0.2) is 17.9 Å². The van der Waals surface area contributed by atoms with Crippen molar-refractivity contribution in [3.05, 3.63) is 87.6 Å². The van der Waals surface area contributed by atoms with E-state index in [1.54, 1.807) is 6.07 Å². The lowest BCUT2D eigenvalue weighted by molar-refractivity contribution is 0.101. The summed E-state index contributed by atoms with van der Waals surface area (Å²) in [6.07, 6.45) is 0. The summed E-state index contributed by atoms with van der Waals surface area (Å²) in [6, 6.07) is 9.40. The lowest BCUT2D eigenvalue weighted by atomic mass is 10.2. The highest BCUT2D eigenvalue weighted by Gasteiger charge is 2.18. The summed E-state index contributed by atoms with van der Waals surface area (Å²) in [4.78, 5) is 24.4. The molecule has 0 bridgehead atoms. The summed E-state index contributed by atoms with van der Waals surface area (Å²) in [5, 5.41) is 6.06. The minimum absolute atomic E-state index is 0.0482. The first-order chi connectivity index (χ1) is 12.4. The van der Waals surface area contributed by atoms with E-state index in [9.17, 15) is 22.8 Å².